The van der Waals surface area contributed by atoms with Crippen LogP contribution in [0.5, 0.6) is 0 Å². The number of anilines is 2. The summed E-state index contributed by atoms with van der Waals surface area (Å²) >= 11 is 8.36. The Morgan fingerprint density at radius 1 is 1.15 bits per heavy atom. The van der Waals surface area contributed by atoms with Crippen molar-refractivity contribution in [1.29, 1.82) is 0 Å². The van der Waals surface area contributed by atoms with E-state index >= 15 is 0 Å². The number of aliphatic hydroxyl groups is 1. The van der Waals surface area contributed by atoms with Crippen LogP contribution in [0.1, 0.15) is 32.6 Å². The number of hydrogen-bond donors (Lipinski definition) is 3. The first kappa shape index (κ1) is 22.8. The Hall–Kier alpha value is -2.00. The maximum atomic E-state index is 9.71. The van der Waals surface area contributed by atoms with E-state index in [0.29, 0.717) is 34.7 Å². The molecule has 33 heavy (non-hydrogen) atoms. The molecule has 1 aliphatic carbocycles. The van der Waals surface area contributed by atoms with E-state index in [1.165, 1.54) is 0 Å². The van der Waals surface area contributed by atoms with Gasteiger partial charge in [-0.25, -0.2) is 9.97 Å². The minimum absolute atomic E-state index is 0.215. The molecule has 1 saturated heterocycles. The number of thiazole rings is 1. The molecule has 1 aromatic carbocycles. The minimum Gasteiger partial charge on any atom is -0.396 e. The van der Waals surface area contributed by atoms with Crippen LogP contribution >= 0.6 is 22.9 Å². The molecular formula is C24H30ClN5O2S. The van der Waals surface area contributed by atoms with Crippen LogP contribution in [0.2, 0.25) is 5.15 Å². The van der Waals surface area contributed by atoms with Gasteiger partial charge in [0.25, 0.3) is 0 Å². The smallest absolute Gasteiger partial charge is 0.226 e. The molecule has 2 aromatic heterocycles. The van der Waals surface area contributed by atoms with E-state index in [2.05, 4.69) is 28.6 Å². The Morgan fingerprint density at radius 3 is 2.73 bits per heavy atom. The van der Waals surface area contributed by atoms with Crippen molar-refractivity contribution in [3.63, 3.8) is 0 Å². The number of ether oxygens (including phenoxy) is 1. The molecule has 0 unspecified atom stereocenters. The summed E-state index contributed by atoms with van der Waals surface area (Å²) in [6.07, 6.45) is 3.97. The highest BCUT2D eigenvalue weighted by molar-refractivity contribution is 7.21. The van der Waals surface area contributed by atoms with Crippen molar-refractivity contribution in [1.82, 2.24) is 15.0 Å². The van der Waals surface area contributed by atoms with Crippen LogP contribution in [-0.4, -0.2) is 52.5 Å². The summed E-state index contributed by atoms with van der Waals surface area (Å²) in [4.78, 5) is 14.3. The summed E-state index contributed by atoms with van der Waals surface area (Å²) in [5, 5.41) is 17.9. The molecule has 1 aliphatic heterocycles. The zero-order valence-electron chi connectivity index (χ0n) is 18.8. The lowest BCUT2D eigenvalue weighted by Crippen LogP contribution is -2.24. The fraction of sp³-hybridized carbons (Fsp3) is 0.542. The van der Waals surface area contributed by atoms with E-state index in [-0.39, 0.29) is 12.6 Å². The molecule has 3 heterocycles. The summed E-state index contributed by atoms with van der Waals surface area (Å²) < 4.78 is 6.57. The number of rotatable bonds is 7. The van der Waals surface area contributed by atoms with Crippen molar-refractivity contribution in [2.45, 2.75) is 38.6 Å². The topological polar surface area (TPSA) is 92.2 Å². The highest BCUT2D eigenvalue weighted by Gasteiger charge is 2.32. The summed E-state index contributed by atoms with van der Waals surface area (Å²) in [5.41, 5.74) is 1.69. The molecule has 2 fully saturated rings. The molecule has 0 bridgehead atoms. The van der Waals surface area contributed by atoms with Gasteiger partial charge in [0.2, 0.25) is 5.95 Å². The Kier molecular flexibility index (Phi) is 6.97. The van der Waals surface area contributed by atoms with Crippen LogP contribution in [0.25, 0.3) is 20.8 Å². The second kappa shape index (κ2) is 10.1. The van der Waals surface area contributed by atoms with Gasteiger partial charge >= 0.3 is 0 Å². The van der Waals surface area contributed by atoms with E-state index in [4.69, 9.17) is 26.3 Å². The maximum Gasteiger partial charge on any atom is 0.226 e. The summed E-state index contributed by atoms with van der Waals surface area (Å²) in [5.74, 6) is 2.55. The third kappa shape index (κ3) is 5.09. The fourth-order valence-corrected chi connectivity index (χ4v) is 6.20. The number of aliphatic hydroxyl groups excluding tert-OH is 1. The van der Waals surface area contributed by atoms with Crippen molar-refractivity contribution in [3.8, 4) is 10.6 Å². The van der Waals surface area contributed by atoms with Gasteiger partial charge in [0, 0.05) is 32.4 Å². The predicted octanol–water partition coefficient (Wildman–Crippen LogP) is 5.06. The number of benzene rings is 1. The lowest BCUT2D eigenvalue weighted by atomic mass is 10.00. The van der Waals surface area contributed by atoms with Crippen molar-refractivity contribution in [3.05, 3.63) is 29.4 Å². The van der Waals surface area contributed by atoms with Crippen molar-refractivity contribution < 1.29 is 9.84 Å². The first-order valence-corrected chi connectivity index (χ1v) is 12.9. The summed E-state index contributed by atoms with van der Waals surface area (Å²) in [6.45, 7) is 4.83. The molecule has 176 valence electrons. The third-order valence-electron chi connectivity index (χ3n) is 6.89. The largest absolute Gasteiger partial charge is 0.396 e. The van der Waals surface area contributed by atoms with E-state index in [1.54, 1.807) is 11.3 Å². The molecule has 3 N–H and O–H groups in total. The summed E-state index contributed by atoms with van der Waals surface area (Å²) in [7, 11) is 0. The number of para-hydroxylation sites is 1. The van der Waals surface area contributed by atoms with E-state index in [1.807, 2.05) is 18.2 Å². The molecular weight excluding hydrogens is 458 g/mol. The quantitative estimate of drug-likeness (QED) is 0.401. The average Bonchev–Trinajstić information content (AvgIpc) is 3.40. The standard InChI is InChI=1S/C24H30ClN5O2S/c1-14-10-17(11-16(14)13-31)27-22-20(23-28-18-4-2-3-5-19(18)33-23)21(25)29-24(30-22)26-12-15-6-8-32-9-7-15/h2-5,14-17,31H,6-13H2,1H3,(H2,26,27,29,30)/t14-,16+,17-/m0/s1. The van der Waals surface area contributed by atoms with Gasteiger partial charge in [-0.2, -0.15) is 4.98 Å². The van der Waals surface area contributed by atoms with Gasteiger partial charge in [-0.3, -0.25) is 0 Å². The Labute approximate surface area is 203 Å². The van der Waals surface area contributed by atoms with Gasteiger partial charge in [-0.15, -0.1) is 11.3 Å². The Morgan fingerprint density at radius 2 is 1.97 bits per heavy atom. The zero-order chi connectivity index (χ0) is 22.8. The minimum atomic E-state index is 0.215. The molecule has 0 radical (unpaired) electrons. The number of nitrogens with one attached hydrogen (secondary N) is 2. The average molecular weight is 488 g/mol. The van der Waals surface area contributed by atoms with E-state index in [0.717, 1.165) is 66.2 Å². The highest BCUT2D eigenvalue weighted by Crippen LogP contribution is 2.40. The lowest BCUT2D eigenvalue weighted by Gasteiger charge is -2.23. The molecule has 3 aromatic rings. The van der Waals surface area contributed by atoms with Crippen molar-refractivity contribution in [2.75, 3.05) is 37.0 Å². The van der Waals surface area contributed by atoms with Gasteiger partial charge in [0.05, 0.1) is 15.8 Å². The van der Waals surface area contributed by atoms with Crippen LogP contribution in [0, 0.1) is 17.8 Å². The zero-order valence-corrected chi connectivity index (χ0v) is 20.3. The number of fused-ring (bicyclic) bond motifs is 1. The molecule has 3 atom stereocenters. The highest BCUT2D eigenvalue weighted by atomic mass is 35.5. The van der Waals surface area contributed by atoms with Crippen LogP contribution in [0.3, 0.4) is 0 Å². The number of nitrogens with zero attached hydrogens (tertiary/aromatic N) is 3. The van der Waals surface area contributed by atoms with Gasteiger partial charge in [-0.1, -0.05) is 30.7 Å². The first-order chi connectivity index (χ1) is 16.1. The SMILES string of the molecule is C[C@H]1C[C@H](Nc2nc(NCC3CCOCC3)nc(Cl)c2-c2nc3ccccc3s2)C[C@@H]1CO. The fourth-order valence-electron chi connectivity index (χ4n) is 4.87. The second-order valence-corrected chi connectivity index (χ2v) is 10.6. The van der Waals surface area contributed by atoms with Crippen LogP contribution < -0.4 is 10.6 Å². The van der Waals surface area contributed by atoms with Gasteiger partial charge in [0.1, 0.15) is 16.0 Å². The number of aromatic nitrogens is 3. The van der Waals surface area contributed by atoms with Gasteiger partial charge in [-0.05, 0) is 55.6 Å². The first-order valence-electron chi connectivity index (χ1n) is 11.7. The van der Waals surface area contributed by atoms with Crippen molar-refractivity contribution >= 4 is 44.9 Å². The molecule has 0 amide bonds. The normalized spacial score (nSPS) is 23.8. The molecule has 1 saturated carbocycles. The summed E-state index contributed by atoms with van der Waals surface area (Å²) in [6, 6.07) is 8.29. The monoisotopic (exact) mass is 487 g/mol. The van der Waals surface area contributed by atoms with E-state index < -0.39 is 0 Å². The third-order valence-corrected chi connectivity index (χ3v) is 8.21. The predicted molar refractivity (Wildman–Crippen MR) is 134 cm³/mol. The molecule has 0 spiro atoms. The van der Waals surface area contributed by atoms with Crippen LogP contribution in [0.15, 0.2) is 24.3 Å². The number of halogens is 1. The van der Waals surface area contributed by atoms with Crippen LogP contribution in [0.4, 0.5) is 11.8 Å². The molecule has 9 heteroatoms. The Bertz CT molecular complexity index is 1070. The van der Waals surface area contributed by atoms with Gasteiger partial charge < -0.3 is 20.5 Å². The number of hydrogen-bond acceptors (Lipinski definition) is 8. The molecule has 5 rings (SSSR count). The van der Waals surface area contributed by atoms with Crippen molar-refractivity contribution in [2.24, 2.45) is 17.8 Å². The molecule has 2 aliphatic rings. The lowest BCUT2D eigenvalue weighted by molar-refractivity contribution is 0.0699. The Balaban J connectivity index is 1.45. The van der Waals surface area contributed by atoms with Gasteiger partial charge in [0.15, 0.2) is 0 Å². The second-order valence-electron chi connectivity index (χ2n) is 9.22. The maximum absolute atomic E-state index is 9.71. The van der Waals surface area contributed by atoms with E-state index in [9.17, 15) is 5.11 Å². The molecule has 7 nitrogen and oxygen atoms in total. The van der Waals surface area contributed by atoms with Crippen LogP contribution in [-0.2, 0) is 4.74 Å².